The van der Waals surface area contributed by atoms with Gasteiger partial charge in [0.2, 0.25) is 5.88 Å². The van der Waals surface area contributed by atoms with Crippen molar-refractivity contribution in [3.63, 3.8) is 0 Å². The van der Waals surface area contributed by atoms with Crippen LogP contribution in [0.5, 0.6) is 0 Å². The SMILES string of the molecule is CCCCN(C)C(=O)Nc1cc(C(C)(C)C)no1. The van der Waals surface area contributed by atoms with Crippen LogP contribution in [0.3, 0.4) is 0 Å². The first-order valence-corrected chi connectivity index (χ1v) is 6.34. The van der Waals surface area contributed by atoms with Crippen molar-refractivity contribution >= 4 is 11.9 Å². The number of carbonyl (C=O) groups is 1. The van der Waals surface area contributed by atoms with Gasteiger partial charge in [0.25, 0.3) is 0 Å². The molecule has 0 fully saturated rings. The van der Waals surface area contributed by atoms with Crippen molar-refractivity contribution in [1.82, 2.24) is 10.1 Å². The Balaban J connectivity index is 2.57. The van der Waals surface area contributed by atoms with Crippen molar-refractivity contribution < 1.29 is 9.32 Å². The van der Waals surface area contributed by atoms with Gasteiger partial charge in [-0.3, -0.25) is 5.32 Å². The first-order valence-electron chi connectivity index (χ1n) is 6.34. The summed E-state index contributed by atoms with van der Waals surface area (Å²) in [6.07, 6.45) is 2.06. The van der Waals surface area contributed by atoms with E-state index in [-0.39, 0.29) is 11.4 Å². The minimum atomic E-state index is -0.167. The molecule has 0 aliphatic rings. The Morgan fingerprint density at radius 1 is 1.50 bits per heavy atom. The fourth-order valence-electron chi connectivity index (χ4n) is 1.39. The van der Waals surface area contributed by atoms with Crippen LogP contribution < -0.4 is 5.32 Å². The zero-order valence-electron chi connectivity index (χ0n) is 11.9. The molecule has 5 heteroatoms. The van der Waals surface area contributed by atoms with E-state index in [2.05, 4.69) is 17.4 Å². The third-order valence-corrected chi connectivity index (χ3v) is 2.70. The maximum atomic E-state index is 11.8. The van der Waals surface area contributed by atoms with Crippen LogP contribution in [-0.2, 0) is 5.41 Å². The van der Waals surface area contributed by atoms with Crippen LogP contribution in [0.2, 0.25) is 0 Å². The predicted octanol–water partition coefficient (Wildman–Crippen LogP) is 3.24. The summed E-state index contributed by atoms with van der Waals surface area (Å²) in [6.45, 7) is 8.97. The lowest BCUT2D eigenvalue weighted by Crippen LogP contribution is -2.31. The number of unbranched alkanes of at least 4 members (excludes halogenated alkanes) is 1. The van der Waals surface area contributed by atoms with Crippen molar-refractivity contribution in [2.75, 3.05) is 18.9 Å². The minimum Gasteiger partial charge on any atom is -0.338 e. The molecule has 1 N–H and O–H groups in total. The van der Waals surface area contributed by atoms with Crippen molar-refractivity contribution in [3.8, 4) is 0 Å². The van der Waals surface area contributed by atoms with Crippen LogP contribution >= 0.6 is 0 Å². The molecule has 0 bridgehead atoms. The molecule has 0 saturated heterocycles. The molecule has 1 aromatic rings. The molecule has 0 saturated carbocycles. The molecule has 2 amide bonds. The maximum Gasteiger partial charge on any atom is 0.323 e. The summed E-state index contributed by atoms with van der Waals surface area (Å²) >= 11 is 0. The molecule has 0 spiro atoms. The molecular formula is C13H23N3O2. The van der Waals surface area contributed by atoms with E-state index >= 15 is 0 Å². The average Bonchev–Trinajstić information content (AvgIpc) is 2.73. The van der Waals surface area contributed by atoms with E-state index in [4.69, 9.17) is 4.52 Å². The van der Waals surface area contributed by atoms with E-state index in [9.17, 15) is 4.79 Å². The molecule has 5 nitrogen and oxygen atoms in total. The van der Waals surface area contributed by atoms with Gasteiger partial charge in [-0.15, -0.1) is 0 Å². The zero-order valence-corrected chi connectivity index (χ0v) is 11.9. The van der Waals surface area contributed by atoms with Gasteiger partial charge in [0.1, 0.15) is 0 Å². The Kier molecular flexibility index (Phi) is 4.76. The summed E-state index contributed by atoms with van der Waals surface area (Å²) in [7, 11) is 1.77. The highest BCUT2D eigenvalue weighted by Gasteiger charge is 2.20. The largest absolute Gasteiger partial charge is 0.338 e. The number of carbonyl (C=O) groups excluding carboxylic acids is 1. The lowest BCUT2D eigenvalue weighted by molar-refractivity contribution is 0.221. The molecule has 102 valence electrons. The summed E-state index contributed by atoms with van der Waals surface area (Å²) in [5.41, 5.74) is 0.745. The second kappa shape index (κ2) is 5.89. The molecular weight excluding hydrogens is 230 g/mol. The number of urea groups is 1. The Labute approximate surface area is 109 Å². The van der Waals surface area contributed by atoms with Gasteiger partial charge in [0, 0.05) is 25.1 Å². The fraction of sp³-hybridized carbons (Fsp3) is 0.692. The number of hydrogen-bond acceptors (Lipinski definition) is 3. The quantitative estimate of drug-likeness (QED) is 0.896. The molecule has 0 aromatic carbocycles. The van der Waals surface area contributed by atoms with Gasteiger partial charge in [0.05, 0.1) is 5.69 Å². The lowest BCUT2D eigenvalue weighted by Gasteiger charge is -2.16. The van der Waals surface area contributed by atoms with Crippen LogP contribution in [0.15, 0.2) is 10.6 Å². The molecule has 0 aliphatic heterocycles. The zero-order chi connectivity index (χ0) is 13.8. The lowest BCUT2D eigenvalue weighted by atomic mass is 9.92. The van der Waals surface area contributed by atoms with E-state index < -0.39 is 0 Å². The third kappa shape index (κ3) is 4.05. The molecule has 0 atom stereocenters. The molecule has 0 unspecified atom stereocenters. The van der Waals surface area contributed by atoms with Crippen LogP contribution in [0.25, 0.3) is 0 Å². The summed E-state index contributed by atoms with van der Waals surface area (Å²) in [6, 6.07) is 1.60. The third-order valence-electron chi connectivity index (χ3n) is 2.70. The number of rotatable bonds is 4. The Hall–Kier alpha value is -1.52. The number of hydrogen-bond donors (Lipinski definition) is 1. The number of anilines is 1. The Morgan fingerprint density at radius 3 is 2.67 bits per heavy atom. The van der Waals surface area contributed by atoms with Crippen LogP contribution in [0, 0.1) is 0 Å². The standard InChI is InChI=1S/C13H23N3O2/c1-6-7-8-16(5)12(17)14-11-9-10(15-18-11)13(2,3)4/h9H,6-8H2,1-5H3,(H,14,17). The average molecular weight is 253 g/mol. The molecule has 0 radical (unpaired) electrons. The van der Waals surface area contributed by atoms with Crippen molar-refractivity contribution in [2.45, 2.75) is 46.0 Å². The van der Waals surface area contributed by atoms with Gasteiger partial charge in [-0.2, -0.15) is 0 Å². The highest BCUT2D eigenvalue weighted by atomic mass is 16.5. The molecule has 1 heterocycles. The van der Waals surface area contributed by atoms with Crippen molar-refractivity contribution in [1.29, 1.82) is 0 Å². The number of aromatic nitrogens is 1. The smallest absolute Gasteiger partial charge is 0.323 e. The highest BCUT2D eigenvalue weighted by Crippen LogP contribution is 2.23. The minimum absolute atomic E-state index is 0.0827. The second-order valence-corrected chi connectivity index (χ2v) is 5.53. The van der Waals surface area contributed by atoms with Crippen molar-refractivity contribution in [3.05, 3.63) is 11.8 Å². The second-order valence-electron chi connectivity index (χ2n) is 5.53. The summed E-state index contributed by atoms with van der Waals surface area (Å²) in [5.74, 6) is 0.397. The number of amides is 2. The molecule has 18 heavy (non-hydrogen) atoms. The molecule has 1 rings (SSSR count). The normalized spacial score (nSPS) is 11.4. The van der Waals surface area contributed by atoms with Gasteiger partial charge in [0.15, 0.2) is 0 Å². The fourth-order valence-corrected chi connectivity index (χ4v) is 1.39. The van der Waals surface area contributed by atoms with E-state index in [1.165, 1.54) is 0 Å². The van der Waals surface area contributed by atoms with E-state index in [1.54, 1.807) is 18.0 Å². The van der Waals surface area contributed by atoms with Crippen LogP contribution in [-0.4, -0.2) is 29.7 Å². The molecule has 0 aliphatic carbocycles. The Bertz CT molecular complexity index is 393. The topological polar surface area (TPSA) is 58.4 Å². The van der Waals surface area contributed by atoms with E-state index in [0.29, 0.717) is 5.88 Å². The van der Waals surface area contributed by atoms with Gasteiger partial charge < -0.3 is 9.42 Å². The summed E-state index contributed by atoms with van der Waals surface area (Å²) in [5, 5.41) is 6.65. The van der Waals surface area contributed by atoms with Gasteiger partial charge in [-0.05, 0) is 6.42 Å². The number of nitrogens with zero attached hydrogens (tertiary/aromatic N) is 2. The summed E-state index contributed by atoms with van der Waals surface area (Å²) in [4.78, 5) is 13.4. The maximum absolute atomic E-state index is 11.8. The van der Waals surface area contributed by atoms with Crippen LogP contribution in [0.1, 0.15) is 46.2 Å². The van der Waals surface area contributed by atoms with Gasteiger partial charge in [-0.1, -0.05) is 39.3 Å². The Morgan fingerprint density at radius 2 is 2.17 bits per heavy atom. The summed E-state index contributed by atoms with van der Waals surface area (Å²) < 4.78 is 5.11. The highest BCUT2D eigenvalue weighted by molar-refractivity contribution is 5.87. The predicted molar refractivity (Wildman–Crippen MR) is 71.8 cm³/mol. The monoisotopic (exact) mass is 253 g/mol. The molecule has 1 aromatic heterocycles. The first-order chi connectivity index (χ1) is 8.34. The number of nitrogens with one attached hydrogen (secondary N) is 1. The van der Waals surface area contributed by atoms with Gasteiger partial charge in [-0.25, -0.2) is 4.79 Å². The van der Waals surface area contributed by atoms with Crippen molar-refractivity contribution in [2.24, 2.45) is 0 Å². The first kappa shape index (κ1) is 14.5. The van der Waals surface area contributed by atoms with E-state index in [0.717, 1.165) is 25.1 Å². The van der Waals surface area contributed by atoms with Crippen LogP contribution in [0.4, 0.5) is 10.7 Å². The van der Waals surface area contributed by atoms with E-state index in [1.807, 2.05) is 20.8 Å². The van der Waals surface area contributed by atoms with Gasteiger partial charge >= 0.3 is 6.03 Å².